The molecular weight excluding hydrogens is 400 g/mol. The molecule has 1 fully saturated rings. The number of amides is 1. The van der Waals surface area contributed by atoms with E-state index in [0.717, 1.165) is 48.3 Å². The molecule has 4 N–H and O–H groups in total. The molecule has 1 aromatic carbocycles. The Morgan fingerprint density at radius 3 is 2.56 bits per heavy atom. The molecule has 0 saturated heterocycles. The first kappa shape index (κ1) is 21.9. The summed E-state index contributed by atoms with van der Waals surface area (Å²) in [6.45, 7) is 2.68. The monoisotopic (exact) mass is 430 g/mol. The van der Waals surface area contributed by atoms with E-state index in [1.165, 1.54) is 0 Å². The molecule has 0 spiro atoms. The maximum Gasteiger partial charge on any atom is 0.241 e. The van der Waals surface area contributed by atoms with E-state index in [2.05, 4.69) is 20.6 Å². The van der Waals surface area contributed by atoms with Gasteiger partial charge in [0.1, 0.15) is 11.9 Å². The zero-order valence-electron chi connectivity index (χ0n) is 18.4. The van der Waals surface area contributed by atoms with Crippen LogP contribution in [-0.2, 0) is 4.79 Å². The van der Waals surface area contributed by atoms with Gasteiger partial charge in [0.05, 0.1) is 0 Å². The fourth-order valence-corrected chi connectivity index (χ4v) is 4.15. The highest BCUT2D eigenvalue weighted by molar-refractivity contribution is 5.82. The Morgan fingerprint density at radius 1 is 1.06 bits per heavy atom. The number of aryl methyl sites for hydroxylation is 1. The van der Waals surface area contributed by atoms with Gasteiger partial charge in [-0.3, -0.25) is 4.79 Å². The van der Waals surface area contributed by atoms with E-state index in [-0.39, 0.29) is 5.91 Å². The fraction of sp³-hybridized carbons (Fsp3) is 0.360. The van der Waals surface area contributed by atoms with E-state index in [1.54, 1.807) is 6.20 Å². The molecular formula is C25H30N6O. The SMILES string of the molecule is Cc1ccc(Nc2nccc(C3CCC(CNC(=O)[C@H](N)c4ccccc4)CC3)n2)nc1. The minimum Gasteiger partial charge on any atom is -0.354 e. The zero-order chi connectivity index (χ0) is 22.3. The average molecular weight is 431 g/mol. The van der Waals surface area contributed by atoms with Crippen LogP contribution in [-0.4, -0.2) is 27.4 Å². The van der Waals surface area contributed by atoms with Gasteiger partial charge in [0.2, 0.25) is 11.9 Å². The molecule has 0 radical (unpaired) electrons. The van der Waals surface area contributed by atoms with Crippen molar-refractivity contribution in [3.63, 3.8) is 0 Å². The third kappa shape index (κ3) is 5.68. The van der Waals surface area contributed by atoms with Crippen LogP contribution in [0.3, 0.4) is 0 Å². The summed E-state index contributed by atoms with van der Waals surface area (Å²) in [6.07, 6.45) is 7.82. The van der Waals surface area contributed by atoms with E-state index < -0.39 is 6.04 Å². The smallest absolute Gasteiger partial charge is 0.241 e. The molecule has 7 nitrogen and oxygen atoms in total. The quantitative estimate of drug-likeness (QED) is 0.523. The first-order valence-corrected chi connectivity index (χ1v) is 11.2. The van der Waals surface area contributed by atoms with Gasteiger partial charge in [0.15, 0.2) is 0 Å². The highest BCUT2D eigenvalue weighted by Crippen LogP contribution is 2.35. The number of hydrogen-bond donors (Lipinski definition) is 3. The van der Waals surface area contributed by atoms with Crippen LogP contribution in [0.15, 0.2) is 60.9 Å². The Kier molecular flexibility index (Phi) is 7.07. The first-order valence-electron chi connectivity index (χ1n) is 11.2. The standard InChI is InChI=1S/C25H30N6O/c1-17-7-12-22(28-15-17)31-25-27-14-13-21(30-25)19-10-8-18(9-11-19)16-29-24(32)23(26)20-5-3-2-4-6-20/h2-7,12-15,18-19,23H,8-11,16,26H2,1H3,(H,29,32)(H,27,28,30,31)/t18?,19?,23-/m1/s1. The highest BCUT2D eigenvalue weighted by Gasteiger charge is 2.25. The van der Waals surface area contributed by atoms with Crippen molar-refractivity contribution in [1.29, 1.82) is 0 Å². The second kappa shape index (κ2) is 10.3. The number of carbonyl (C=O) groups is 1. The van der Waals surface area contributed by atoms with Gasteiger partial charge in [-0.15, -0.1) is 0 Å². The van der Waals surface area contributed by atoms with E-state index in [9.17, 15) is 4.79 Å². The third-order valence-electron chi connectivity index (χ3n) is 6.10. The van der Waals surface area contributed by atoms with Crippen molar-refractivity contribution in [3.8, 4) is 0 Å². The lowest BCUT2D eigenvalue weighted by Gasteiger charge is -2.28. The van der Waals surface area contributed by atoms with Crippen molar-refractivity contribution in [1.82, 2.24) is 20.3 Å². The molecule has 0 unspecified atom stereocenters. The molecule has 166 valence electrons. The van der Waals surface area contributed by atoms with E-state index in [4.69, 9.17) is 10.7 Å². The third-order valence-corrected chi connectivity index (χ3v) is 6.10. The van der Waals surface area contributed by atoms with Gasteiger partial charge in [-0.25, -0.2) is 15.0 Å². The summed E-state index contributed by atoms with van der Waals surface area (Å²) in [5.74, 6) is 2.07. The summed E-state index contributed by atoms with van der Waals surface area (Å²) >= 11 is 0. The van der Waals surface area contributed by atoms with Crippen molar-refractivity contribution < 1.29 is 4.79 Å². The number of anilines is 2. The summed E-state index contributed by atoms with van der Waals surface area (Å²) in [6, 6.07) is 14.8. The van der Waals surface area contributed by atoms with Gasteiger partial charge in [0, 0.05) is 30.6 Å². The van der Waals surface area contributed by atoms with Gasteiger partial charge in [-0.05, 0) is 61.8 Å². The zero-order valence-corrected chi connectivity index (χ0v) is 18.4. The molecule has 7 heteroatoms. The molecule has 32 heavy (non-hydrogen) atoms. The maximum atomic E-state index is 12.4. The second-order valence-electron chi connectivity index (χ2n) is 8.50. The molecule has 3 aromatic rings. The van der Waals surface area contributed by atoms with E-state index >= 15 is 0 Å². The Balaban J connectivity index is 1.26. The van der Waals surface area contributed by atoms with Crippen molar-refractivity contribution >= 4 is 17.7 Å². The molecule has 1 aliphatic rings. The van der Waals surface area contributed by atoms with Crippen LogP contribution < -0.4 is 16.4 Å². The minimum atomic E-state index is -0.623. The largest absolute Gasteiger partial charge is 0.354 e. The van der Waals surface area contributed by atoms with Gasteiger partial charge in [0.25, 0.3) is 0 Å². The Hall–Kier alpha value is -3.32. The van der Waals surface area contributed by atoms with Crippen LogP contribution in [0.1, 0.15) is 54.5 Å². The van der Waals surface area contributed by atoms with Gasteiger partial charge in [-0.1, -0.05) is 36.4 Å². The predicted octanol–water partition coefficient (Wildman–Crippen LogP) is 4.01. The number of nitrogens with one attached hydrogen (secondary N) is 2. The van der Waals surface area contributed by atoms with Gasteiger partial charge >= 0.3 is 0 Å². The van der Waals surface area contributed by atoms with Crippen LogP contribution >= 0.6 is 0 Å². The molecule has 1 amide bonds. The minimum absolute atomic E-state index is 0.116. The predicted molar refractivity (Wildman–Crippen MR) is 125 cm³/mol. The summed E-state index contributed by atoms with van der Waals surface area (Å²) < 4.78 is 0. The lowest BCUT2D eigenvalue weighted by Crippen LogP contribution is -2.37. The topological polar surface area (TPSA) is 106 Å². The summed E-state index contributed by atoms with van der Waals surface area (Å²) in [7, 11) is 0. The van der Waals surface area contributed by atoms with E-state index in [0.29, 0.717) is 24.3 Å². The fourth-order valence-electron chi connectivity index (χ4n) is 4.15. The van der Waals surface area contributed by atoms with Gasteiger partial charge in [-0.2, -0.15) is 0 Å². The lowest BCUT2D eigenvalue weighted by atomic mass is 9.80. The van der Waals surface area contributed by atoms with Crippen molar-refractivity contribution in [2.45, 2.75) is 44.6 Å². The normalized spacial score (nSPS) is 19.2. The first-order chi connectivity index (χ1) is 15.6. The molecule has 1 saturated carbocycles. The number of nitrogens with zero attached hydrogens (tertiary/aromatic N) is 3. The molecule has 0 bridgehead atoms. The van der Waals surface area contributed by atoms with Crippen molar-refractivity contribution in [3.05, 3.63) is 77.7 Å². The van der Waals surface area contributed by atoms with Crippen LogP contribution in [0.25, 0.3) is 0 Å². The Morgan fingerprint density at radius 2 is 1.84 bits per heavy atom. The van der Waals surface area contributed by atoms with Crippen LogP contribution in [0, 0.1) is 12.8 Å². The lowest BCUT2D eigenvalue weighted by molar-refractivity contribution is -0.122. The highest BCUT2D eigenvalue weighted by atomic mass is 16.2. The molecule has 1 atom stereocenters. The molecule has 4 rings (SSSR count). The second-order valence-corrected chi connectivity index (χ2v) is 8.50. The number of pyridine rings is 1. The Bertz CT molecular complexity index is 1020. The maximum absolute atomic E-state index is 12.4. The number of benzene rings is 1. The van der Waals surface area contributed by atoms with Gasteiger partial charge < -0.3 is 16.4 Å². The molecule has 2 aromatic heterocycles. The van der Waals surface area contributed by atoms with Crippen LogP contribution in [0.2, 0.25) is 0 Å². The van der Waals surface area contributed by atoms with Crippen LogP contribution in [0.4, 0.5) is 11.8 Å². The number of hydrogen-bond acceptors (Lipinski definition) is 6. The number of carbonyl (C=O) groups excluding carboxylic acids is 1. The molecule has 1 aliphatic carbocycles. The number of aromatic nitrogens is 3. The summed E-state index contributed by atoms with van der Waals surface area (Å²) in [5.41, 5.74) is 9.10. The van der Waals surface area contributed by atoms with E-state index in [1.807, 2.05) is 61.7 Å². The van der Waals surface area contributed by atoms with Crippen molar-refractivity contribution in [2.75, 3.05) is 11.9 Å². The number of nitrogens with two attached hydrogens (primary N) is 1. The number of rotatable bonds is 7. The van der Waals surface area contributed by atoms with Crippen molar-refractivity contribution in [2.24, 2.45) is 11.7 Å². The Labute approximate surface area is 188 Å². The average Bonchev–Trinajstić information content (AvgIpc) is 2.84. The summed E-state index contributed by atoms with van der Waals surface area (Å²) in [4.78, 5) is 25.8. The summed E-state index contributed by atoms with van der Waals surface area (Å²) in [5, 5.41) is 6.22. The van der Waals surface area contributed by atoms with Crippen LogP contribution in [0.5, 0.6) is 0 Å². The molecule has 0 aliphatic heterocycles. The molecule has 2 heterocycles.